The first-order valence-corrected chi connectivity index (χ1v) is 8.25. The summed E-state index contributed by atoms with van der Waals surface area (Å²) in [6, 6.07) is 18.2. The Bertz CT molecular complexity index is 860. The quantitative estimate of drug-likeness (QED) is 0.334. The van der Waals surface area contributed by atoms with E-state index in [1.807, 2.05) is 42.5 Å². The molecule has 0 amide bonds. The van der Waals surface area contributed by atoms with Crippen molar-refractivity contribution in [2.24, 2.45) is 10.7 Å². The van der Waals surface area contributed by atoms with Crippen molar-refractivity contribution in [2.75, 3.05) is 13.7 Å². The standard InChI is InChI=1S/C20H22N4O.HI/c1-25-17-8-6-15(7-9-17)10-12-23-20(21)24-14-19-18-5-3-2-4-16(18)11-13-22-19;/h2-9,11,13H,10,12,14H2,1H3,(H3,21,23,24);1H. The van der Waals surface area contributed by atoms with Crippen molar-refractivity contribution in [3.8, 4) is 5.75 Å². The van der Waals surface area contributed by atoms with Gasteiger partial charge in [0.25, 0.3) is 0 Å². The number of hydrogen-bond donors (Lipinski definition) is 2. The summed E-state index contributed by atoms with van der Waals surface area (Å²) in [4.78, 5) is 8.82. The van der Waals surface area contributed by atoms with E-state index in [-0.39, 0.29) is 24.0 Å². The Balaban J connectivity index is 0.00000243. The van der Waals surface area contributed by atoms with Gasteiger partial charge in [0, 0.05) is 18.1 Å². The van der Waals surface area contributed by atoms with Gasteiger partial charge in [-0.05, 0) is 35.6 Å². The van der Waals surface area contributed by atoms with Gasteiger partial charge < -0.3 is 15.8 Å². The van der Waals surface area contributed by atoms with Crippen LogP contribution in [-0.2, 0) is 13.0 Å². The molecule has 0 aliphatic rings. The fourth-order valence-corrected chi connectivity index (χ4v) is 2.65. The van der Waals surface area contributed by atoms with Crippen LogP contribution in [0, 0.1) is 0 Å². The number of guanidine groups is 1. The Morgan fingerprint density at radius 2 is 1.88 bits per heavy atom. The molecule has 1 heterocycles. The van der Waals surface area contributed by atoms with Crippen molar-refractivity contribution < 1.29 is 4.74 Å². The van der Waals surface area contributed by atoms with Crippen molar-refractivity contribution in [2.45, 2.75) is 13.0 Å². The second-order valence-electron chi connectivity index (χ2n) is 5.71. The fraction of sp³-hybridized carbons (Fsp3) is 0.200. The highest BCUT2D eigenvalue weighted by Gasteiger charge is 2.01. The van der Waals surface area contributed by atoms with E-state index in [1.165, 1.54) is 5.56 Å². The van der Waals surface area contributed by atoms with Crippen LogP contribution in [0.4, 0.5) is 0 Å². The van der Waals surface area contributed by atoms with Crippen molar-refractivity contribution in [1.82, 2.24) is 10.3 Å². The maximum absolute atomic E-state index is 5.97. The number of benzene rings is 2. The van der Waals surface area contributed by atoms with Crippen LogP contribution in [0.2, 0.25) is 0 Å². The van der Waals surface area contributed by atoms with Crippen LogP contribution in [0.5, 0.6) is 5.75 Å². The van der Waals surface area contributed by atoms with Gasteiger partial charge in [0.15, 0.2) is 5.96 Å². The zero-order valence-corrected chi connectivity index (χ0v) is 17.0. The van der Waals surface area contributed by atoms with E-state index < -0.39 is 0 Å². The van der Waals surface area contributed by atoms with E-state index in [1.54, 1.807) is 13.3 Å². The largest absolute Gasteiger partial charge is 0.497 e. The lowest BCUT2D eigenvalue weighted by Crippen LogP contribution is -2.33. The van der Waals surface area contributed by atoms with Crippen LogP contribution in [0.3, 0.4) is 0 Å². The van der Waals surface area contributed by atoms with E-state index in [0.29, 0.717) is 12.5 Å². The Labute approximate surface area is 170 Å². The molecule has 5 nitrogen and oxygen atoms in total. The third kappa shape index (κ3) is 5.32. The third-order valence-corrected chi connectivity index (χ3v) is 4.03. The van der Waals surface area contributed by atoms with Gasteiger partial charge in [0.1, 0.15) is 5.75 Å². The summed E-state index contributed by atoms with van der Waals surface area (Å²) in [6.45, 7) is 1.19. The van der Waals surface area contributed by atoms with E-state index in [0.717, 1.165) is 35.2 Å². The average Bonchev–Trinajstić information content (AvgIpc) is 2.67. The molecule has 0 unspecified atom stereocenters. The molecular formula is C20H23IN4O. The number of nitrogens with one attached hydrogen (secondary N) is 1. The number of hydrogen-bond acceptors (Lipinski definition) is 3. The summed E-state index contributed by atoms with van der Waals surface area (Å²) in [6.07, 6.45) is 2.67. The van der Waals surface area contributed by atoms with Crippen LogP contribution in [0.1, 0.15) is 11.3 Å². The van der Waals surface area contributed by atoms with Crippen molar-refractivity contribution >= 4 is 40.7 Å². The molecule has 6 heteroatoms. The molecule has 0 saturated heterocycles. The minimum absolute atomic E-state index is 0. The summed E-state index contributed by atoms with van der Waals surface area (Å²) in [5.74, 6) is 1.30. The Morgan fingerprint density at radius 1 is 1.12 bits per heavy atom. The van der Waals surface area contributed by atoms with Gasteiger partial charge in [-0.2, -0.15) is 0 Å². The summed E-state index contributed by atoms with van der Waals surface area (Å²) >= 11 is 0. The van der Waals surface area contributed by atoms with Crippen LogP contribution >= 0.6 is 24.0 Å². The molecule has 26 heavy (non-hydrogen) atoms. The fourth-order valence-electron chi connectivity index (χ4n) is 2.65. The highest BCUT2D eigenvalue weighted by Crippen LogP contribution is 2.16. The molecule has 0 bridgehead atoms. The maximum Gasteiger partial charge on any atom is 0.188 e. The molecule has 2 aromatic carbocycles. The number of aliphatic imine (C=N–C) groups is 1. The van der Waals surface area contributed by atoms with Crippen LogP contribution < -0.4 is 15.8 Å². The number of methoxy groups -OCH3 is 1. The molecule has 3 rings (SSSR count). The summed E-state index contributed by atoms with van der Waals surface area (Å²) in [5.41, 5.74) is 8.11. The third-order valence-electron chi connectivity index (χ3n) is 4.03. The highest BCUT2D eigenvalue weighted by atomic mass is 127. The summed E-state index contributed by atoms with van der Waals surface area (Å²) < 4.78 is 5.16. The summed E-state index contributed by atoms with van der Waals surface area (Å²) in [5, 5.41) is 5.42. The van der Waals surface area contributed by atoms with E-state index >= 15 is 0 Å². The first-order valence-electron chi connectivity index (χ1n) is 8.25. The zero-order chi connectivity index (χ0) is 17.5. The molecule has 0 saturated carbocycles. The maximum atomic E-state index is 5.97. The SMILES string of the molecule is COc1ccc(CCNC(N)=NCc2nccc3ccccc23)cc1.I. The van der Waals surface area contributed by atoms with Gasteiger partial charge in [0.05, 0.1) is 19.3 Å². The number of rotatable bonds is 6. The molecule has 0 aliphatic carbocycles. The number of aromatic nitrogens is 1. The second kappa shape index (κ2) is 9.96. The molecule has 0 fully saturated rings. The van der Waals surface area contributed by atoms with Crippen molar-refractivity contribution in [1.29, 1.82) is 0 Å². The Kier molecular flexibility index (Phi) is 7.65. The minimum Gasteiger partial charge on any atom is -0.497 e. The predicted octanol–water partition coefficient (Wildman–Crippen LogP) is 3.51. The first-order chi connectivity index (χ1) is 12.3. The molecule has 3 aromatic rings. The average molecular weight is 462 g/mol. The van der Waals surface area contributed by atoms with Crippen LogP contribution in [0.25, 0.3) is 10.8 Å². The number of halogens is 1. The van der Waals surface area contributed by atoms with Crippen molar-refractivity contribution in [3.63, 3.8) is 0 Å². The smallest absolute Gasteiger partial charge is 0.188 e. The number of nitrogens with zero attached hydrogens (tertiary/aromatic N) is 2. The molecule has 136 valence electrons. The number of nitrogens with two attached hydrogens (primary N) is 1. The number of fused-ring (bicyclic) bond motifs is 1. The molecule has 0 aliphatic heterocycles. The summed E-state index contributed by atoms with van der Waals surface area (Å²) in [7, 11) is 1.67. The van der Waals surface area contributed by atoms with Crippen LogP contribution in [-0.4, -0.2) is 24.6 Å². The van der Waals surface area contributed by atoms with E-state index in [2.05, 4.69) is 27.4 Å². The van der Waals surface area contributed by atoms with Crippen molar-refractivity contribution in [3.05, 3.63) is 72.1 Å². The van der Waals surface area contributed by atoms with E-state index in [9.17, 15) is 0 Å². The zero-order valence-electron chi connectivity index (χ0n) is 14.7. The van der Waals surface area contributed by atoms with Crippen LogP contribution in [0.15, 0.2) is 65.8 Å². The molecule has 1 aromatic heterocycles. The van der Waals surface area contributed by atoms with E-state index in [4.69, 9.17) is 10.5 Å². The van der Waals surface area contributed by atoms with Gasteiger partial charge in [-0.1, -0.05) is 36.4 Å². The second-order valence-corrected chi connectivity index (χ2v) is 5.71. The molecule has 0 atom stereocenters. The molecule has 0 spiro atoms. The predicted molar refractivity (Wildman–Crippen MR) is 117 cm³/mol. The molecular weight excluding hydrogens is 439 g/mol. The number of ether oxygens (including phenoxy) is 1. The lowest BCUT2D eigenvalue weighted by Gasteiger charge is -2.07. The monoisotopic (exact) mass is 462 g/mol. The Morgan fingerprint density at radius 3 is 2.65 bits per heavy atom. The van der Waals surface area contributed by atoms with Gasteiger partial charge in [-0.25, -0.2) is 4.99 Å². The van der Waals surface area contributed by atoms with Gasteiger partial charge in [-0.15, -0.1) is 24.0 Å². The Hall–Kier alpha value is -2.35. The van der Waals surface area contributed by atoms with Gasteiger partial charge in [-0.3, -0.25) is 4.98 Å². The van der Waals surface area contributed by atoms with Gasteiger partial charge in [0.2, 0.25) is 0 Å². The number of pyridine rings is 1. The lowest BCUT2D eigenvalue weighted by molar-refractivity contribution is 0.414. The molecule has 0 radical (unpaired) electrons. The first kappa shape index (κ1) is 20.0. The topological polar surface area (TPSA) is 72.5 Å². The normalized spacial score (nSPS) is 11.0. The molecule has 3 N–H and O–H groups in total. The highest BCUT2D eigenvalue weighted by molar-refractivity contribution is 14.0. The lowest BCUT2D eigenvalue weighted by atomic mass is 10.1. The van der Waals surface area contributed by atoms with Gasteiger partial charge >= 0.3 is 0 Å². The minimum atomic E-state index is 0.